The van der Waals surface area contributed by atoms with Gasteiger partial charge in [-0.3, -0.25) is 20.4 Å². The molecule has 0 aliphatic carbocycles. The summed E-state index contributed by atoms with van der Waals surface area (Å²) in [6.07, 6.45) is 0. The summed E-state index contributed by atoms with van der Waals surface area (Å²) in [5, 5.41) is 0. The van der Waals surface area contributed by atoms with Crippen LogP contribution < -0.4 is 15.8 Å². The second-order valence-corrected chi connectivity index (χ2v) is 4.52. The number of hydrogen-bond acceptors (Lipinski definition) is 5. The Hall–Kier alpha value is -2.57. The average Bonchev–Trinajstić information content (AvgIpc) is 2.52. The van der Waals surface area contributed by atoms with E-state index in [0.29, 0.717) is 5.56 Å². The molecule has 0 fully saturated rings. The second-order valence-electron chi connectivity index (χ2n) is 4.52. The smallest absolute Gasteiger partial charge is 0.338 e. The van der Waals surface area contributed by atoms with Crippen LogP contribution in [0.3, 0.4) is 0 Å². The predicted octanol–water partition coefficient (Wildman–Crippen LogP) is 0.857. The fraction of sp³-hybridized carbons (Fsp3) is 0.400. The zero-order valence-corrected chi connectivity index (χ0v) is 13.0. The minimum atomic E-state index is -0.608. The van der Waals surface area contributed by atoms with Gasteiger partial charge in [0.05, 0.1) is 5.56 Å². The summed E-state index contributed by atoms with van der Waals surface area (Å²) in [4.78, 5) is 35.9. The molecule has 0 aromatic heterocycles. The van der Waals surface area contributed by atoms with Gasteiger partial charge in [-0.1, -0.05) is 0 Å². The largest absolute Gasteiger partial charge is 0.452 e. The van der Waals surface area contributed by atoms with E-state index in [1.807, 2.05) is 12.1 Å². The molecule has 0 unspecified atom stereocenters. The van der Waals surface area contributed by atoms with Crippen LogP contribution in [0.5, 0.6) is 0 Å². The second kappa shape index (κ2) is 8.66. The number of esters is 1. The SMILES string of the molecule is CCN(CC)c1ccc(C(=O)OCC(=O)NNC(C)=O)cc1. The summed E-state index contributed by atoms with van der Waals surface area (Å²) in [7, 11) is 0. The van der Waals surface area contributed by atoms with Crippen LogP contribution in [0.2, 0.25) is 0 Å². The van der Waals surface area contributed by atoms with Gasteiger partial charge in [0, 0.05) is 25.7 Å². The minimum absolute atomic E-state index is 0.364. The van der Waals surface area contributed by atoms with Gasteiger partial charge in [-0.05, 0) is 38.1 Å². The third kappa shape index (κ3) is 5.43. The molecule has 0 radical (unpaired) electrons. The average molecular weight is 307 g/mol. The van der Waals surface area contributed by atoms with Crippen LogP contribution in [0.4, 0.5) is 5.69 Å². The van der Waals surface area contributed by atoms with Gasteiger partial charge in [-0.2, -0.15) is 0 Å². The van der Waals surface area contributed by atoms with Crippen molar-refractivity contribution in [3.8, 4) is 0 Å². The molecule has 7 heteroatoms. The van der Waals surface area contributed by atoms with Crippen molar-refractivity contribution in [3.63, 3.8) is 0 Å². The Balaban J connectivity index is 2.52. The van der Waals surface area contributed by atoms with E-state index in [9.17, 15) is 14.4 Å². The van der Waals surface area contributed by atoms with Crippen LogP contribution in [0, 0.1) is 0 Å². The summed E-state index contributed by atoms with van der Waals surface area (Å²) in [6, 6.07) is 6.98. The molecule has 7 nitrogen and oxygen atoms in total. The minimum Gasteiger partial charge on any atom is -0.452 e. The molecule has 0 saturated heterocycles. The standard InChI is InChI=1S/C15H21N3O4/c1-4-18(5-2)13-8-6-12(7-9-13)15(21)22-10-14(20)17-16-11(3)19/h6-9H,4-5,10H2,1-3H3,(H,16,19)(H,17,20). The Morgan fingerprint density at radius 3 is 2.14 bits per heavy atom. The molecular formula is C15H21N3O4. The van der Waals surface area contributed by atoms with Gasteiger partial charge < -0.3 is 9.64 Å². The predicted molar refractivity (Wildman–Crippen MR) is 82.2 cm³/mol. The summed E-state index contributed by atoms with van der Waals surface area (Å²) in [5.41, 5.74) is 5.59. The van der Waals surface area contributed by atoms with Gasteiger partial charge in [0.2, 0.25) is 5.91 Å². The maximum absolute atomic E-state index is 11.8. The molecule has 0 spiro atoms. The van der Waals surface area contributed by atoms with Crippen LogP contribution in [0.15, 0.2) is 24.3 Å². The quantitative estimate of drug-likeness (QED) is 0.601. The highest BCUT2D eigenvalue weighted by Crippen LogP contribution is 2.15. The molecule has 0 heterocycles. The zero-order chi connectivity index (χ0) is 16.5. The summed E-state index contributed by atoms with van der Waals surface area (Å²) in [6.45, 7) is 6.66. The van der Waals surface area contributed by atoms with Crippen LogP contribution in [-0.4, -0.2) is 37.5 Å². The lowest BCUT2D eigenvalue weighted by Gasteiger charge is -2.20. The number of nitrogens with one attached hydrogen (secondary N) is 2. The number of anilines is 1. The van der Waals surface area contributed by atoms with Gasteiger partial charge in [0.25, 0.3) is 5.91 Å². The number of carbonyl (C=O) groups is 3. The Morgan fingerprint density at radius 2 is 1.64 bits per heavy atom. The lowest BCUT2D eigenvalue weighted by Crippen LogP contribution is -2.42. The normalized spacial score (nSPS) is 9.77. The molecule has 1 aromatic carbocycles. The summed E-state index contributed by atoms with van der Waals surface area (Å²) in [5.74, 6) is -1.61. The first-order valence-corrected chi connectivity index (χ1v) is 7.05. The monoisotopic (exact) mass is 307 g/mol. The van der Waals surface area contributed by atoms with E-state index in [0.717, 1.165) is 18.8 Å². The van der Waals surface area contributed by atoms with E-state index in [1.54, 1.807) is 12.1 Å². The van der Waals surface area contributed by atoms with Crippen molar-refractivity contribution in [2.45, 2.75) is 20.8 Å². The number of ether oxygens (including phenoxy) is 1. The van der Waals surface area contributed by atoms with Crippen LogP contribution in [-0.2, 0) is 14.3 Å². The van der Waals surface area contributed by atoms with Gasteiger partial charge in [0.15, 0.2) is 6.61 Å². The molecule has 2 amide bonds. The first-order chi connectivity index (χ1) is 10.5. The van der Waals surface area contributed by atoms with Crippen molar-refractivity contribution in [1.29, 1.82) is 0 Å². The number of amides is 2. The Bertz CT molecular complexity index is 524. The number of carbonyl (C=O) groups excluding carboxylic acids is 3. The van der Waals surface area contributed by atoms with Gasteiger partial charge >= 0.3 is 5.97 Å². The maximum Gasteiger partial charge on any atom is 0.338 e. The van der Waals surface area contributed by atoms with Crippen LogP contribution in [0.1, 0.15) is 31.1 Å². The van der Waals surface area contributed by atoms with Crippen LogP contribution >= 0.6 is 0 Å². The van der Waals surface area contributed by atoms with E-state index in [-0.39, 0.29) is 0 Å². The number of nitrogens with zero attached hydrogens (tertiary/aromatic N) is 1. The number of hydrogen-bond donors (Lipinski definition) is 2. The molecule has 0 aliphatic heterocycles. The summed E-state index contributed by atoms with van der Waals surface area (Å²) >= 11 is 0. The van der Waals surface area contributed by atoms with Crippen molar-refractivity contribution in [2.24, 2.45) is 0 Å². The van der Waals surface area contributed by atoms with E-state index >= 15 is 0 Å². The molecule has 1 aromatic rings. The highest BCUT2D eigenvalue weighted by molar-refractivity contribution is 5.91. The van der Waals surface area contributed by atoms with Crippen molar-refractivity contribution >= 4 is 23.5 Å². The Morgan fingerprint density at radius 1 is 1.05 bits per heavy atom. The van der Waals surface area contributed by atoms with Crippen molar-refractivity contribution in [2.75, 3.05) is 24.6 Å². The van der Waals surface area contributed by atoms with E-state index in [4.69, 9.17) is 4.74 Å². The molecule has 0 bridgehead atoms. The Kier molecular flexibility index (Phi) is 6.88. The van der Waals surface area contributed by atoms with Crippen molar-refractivity contribution < 1.29 is 19.1 Å². The van der Waals surface area contributed by atoms with E-state index in [1.165, 1.54) is 6.92 Å². The number of rotatable bonds is 6. The number of hydrazine groups is 1. The molecule has 0 atom stereocenters. The molecule has 22 heavy (non-hydrogen) atoms. The van der Waals surface area contributed by atoms with Gasteiger partial charge in [-0.25, -0.2) is 4.79 Å². The van der Waals surface area contributed by atoms with Crippen LogP contribution in [0.25, 0.3) is 0 Å². The molecule has 0 saturated carbocycles. The molecular weight excluding hydrogens is 286 g/mol. The Labute approximate surface area is 129 Å². The first-order valence-electron chi connectivity index (χ1n) is 7.05. The van der Waals surface area contributed by atoms with Gasteiger partial charge in [0.1, 0.15) is 0 Å². The topological polar surface area (TPSA) is 87.7 Å². The highest BCUT2D eigenvalue weighted by Gasteiger charge is 2.11. The zero-order valence-electron chi connectivity index (χ0n) is 13.0. The fourth-order valence-corrected chi connectivity index (χ4v) is 1.81. The van der Waals surface area contributed by atoms with Crippen molar-refractivity contribution in [1.82, 2.24) is 10.9 Å². The summed E-state index contributed by atoms with van der Waals surface area (Å²) < 4.78 is 4.86. The van der Waals surface area contributed by atoms with E-state index in [2.05, 4.69) is 29.6 Å². The first kappa shape index (κ1) is 17.5. The number of benzene rings is 1. The van der Waals surface area contributed by atoms with Crippen molar-refractivity contribution in [3.05, 3.63) is 29.8 Å². The lowest BCUT2D eigenvalue weighted by atomic mass is 10.2. The van der Waals surface area contributed by atoms with E-state index < -0.39 is 24.4 Å². The fourth-order valence-electron chi connectivity index (χ4n) is 1.81. The third-order valence-electron chi connectivity index (χ3n) is 2.94. The molecule has 120 valence electrons. The highest BCUT2D eigenvalue weighted by atomic mass is 16.5. The third-order valence-corrected chi connectivity index (χ3v) is 2.94. The maximum atomic E-state index is 11.8. The van der Waals surface area contributed by atoms with Gasteiger partial charge in [-0.15, -0.1) is 0 Å². The lowest BCUT2D eigenvalue weighted by molar-refractivity contribution is -0.129. The molecule has 2 N–H and O–H groups in total. The molecule has 0 aliphatic rings. The molecule has 1 rings (SSSR count).